The maximum Gasteiger partial charge on any atom is 0.254 e. The standard InChI is InChI=1S/C25H27N5O4/c31-21-6-5-20(24(33)28-21)30-13-15-9-14(3-4-17(15)25(30)34)19-10-16(12-29-7-1-2-8-29)18-11-22(32)27-23(18)26-19/h3-4,9-10,20,24,33H,1-2,5-8,11-13H2,(H,28,31)(H,26,27,32). The summed E-state index contributed by atoms with van der Waals surface area (Å²) in [6, 6.07) is 7.32. The first-order chi connectivity index (χ1) is 16.5. The number of nitrogens with one attached hydrogen (secondary N) is 2. The maximum atomic E-state index is 13.0. The fraction of sp³-hybridized carbons (Fsp3) is 0.440. The SMILES string of the molecule is O=C1Cc2c(CN3CCCC3)cc(-c3ccc4c(c3)CN(C3CCC(=O)NC3O)C4=O)nc2N1. The van der Waals surface area contributed by atoms with Crippen molar-refractivity contribution in [3.63, 3.8) is 0 Å². The average Bonchev–Trinajstić information content (AvgIpc) is 3.53. The van der Waals surface area contributed by atoms with Gasteiger partial charge in [-0.25, -0.2) is 4.98 Å². The molecule has 2 unspecified atom stereocenters. The normalized spacial score (nSPS) is 24.3. The minimum absolute atomic E-state index is 0.0318. The number of benzene rings is 1. The van der Waals surface area contributed by atoms with Gasteiger partial charge in [-0.3, -0.25) is 19.3 Å². The summed E-state index contributed by atoms with van der Waals surface area (Å²) in [6.07, 6.45) is 2.43. The molecule has 1 aromatic carbocycles. The minimum atomic E-state index is -1.06. The molecule has 5 heterocycles. The monoisotopic (exact) mass is 461 g/mol. The Bertz CT molecular complexity index is 1210. The average molecular weight is 462 g/mol. The molecule has 0 radical (unpaired) electrons. The first kappa shape index (κ1) is 21.2. The van der Waals surface area contributed by atoms with Crippen LogP contribution in [0.4, 0.5) is 5.82 Å². The van der Waals surface area contributed by atoms with Crippen LogP contribution in [0, 0.1) is 0 Å². The molecule has 0 spiro atoms. The second-order valence-corrected chi connectivity index (χ2v) is 9.63. The molecule has 4 aliphatic heterocycles. The van der Waals surface area contributed by atoms with Gasteiger partial charge in [-0.2, -0.15) is 0 Å². The number of fused-ring (bicyclic) bond motifs is 2. The summed E-state index contributed by atoms with van der Waals surface area (Å²) in [5, 5.41) is 15.7. The summed E-state index contributed by atoms with van der Waals surface area (Å²) in [7, 11) is 0. The van der Waals surface area contributed by atoms with E-state index in [1.165, 1.54) is 12.8 Å². The Hall–Kier alpha value is -3.30. The van der Waals surface area contributed by atoms with Crippen LogP contribution < -0.4 is 10.6 Å². The van der Waals surface area contributed by atoms with Gasteiger partial charge in [0.15, 0.2) is 0 Å². The van der Waals surface area contributed by atoms with Crippen molar-refractivity contribution >= 4 is 23.5 Å². The van der Waals surface area contributed by atoms with Gasteiger partial charge in [-0.1, -0.05) is 6.07 Å². The zero-order valence-electron chi connectivity index (χ0n) is 18.8. The van der Waals surface area contributed by atoms with Gasteiger partial charge in [0.2, 0.25) is 11.8 Å². The third-order valence-electron chi connectivity index (χ3n) is 7.38. The topological polar surface area (TPSA) is 115 Å². The van der Waals surface area contributed by atoms with Crippen molar-refractivity contribution in [2.75, 3.05) is 18.4 Å². The third kappa shape index (κ3) is 3.65. The van der Waals surface area contributed by atoms with Gasteiger partial charge in [-0.15, -0.1) is 0 Å². The lowest BCUT2D eigenvalue weighted by Crippen LogP contribution is -2.55. The molecule has 2 aromatic rings. The smallest absolute Gasteiger partial charge is 0.254 e. The van der Waals surface area contributed by atoms with E-state index >= 15 is 0 Å². The molecule has 34 heavy (non-hydrogen) atoms. The van der Waals surface area contributed by atoms with E-state index in [1.54, 1.807) is 4.90 Å². The molecule has 0 aliphatic carbocycles. The predicted octanol–water partition coefficient (Wildman–Crippen LogP) is 1.39. The molecule has 6 rings (SSSR count). The number of piperidine rings is 1. The second-order valence-electron chi connectivity index (χ2n) is 9.63. The fourth-order valence-electron chi connectivity index (χ4n) is 5.60. The molecule has 4 aliphatic rings. The predicted molar refractivity (Wildman–Crippen MR) is 124 cm³/mol. The first-order valence-electron chi connectivity index (χ1n) is 11.9. The number of aliphatic hydroxyl groups is 1. The van der Waals surface area contributed by atoms with E-state index in [0.29, 0.717) is 30.8 Å². The number of rotatable bonds is 4. The molecular formula is C25H27N5O4. The zero-order chi connectivity index (χ0) is 23.4. The lowest BCUT2D eigenvalue weighted by Gasteiger charge is -2.35. The van der Waals surface area contributed by atoms with Crippen LogP contribution in [0.15, 0.2) is 24.3 Å². The van der Waals surface area contributed by atoms with Gasteiger partial charge in [0.05, 0.1) is 18.2 Å². The first-order valence-corrected chi connectivity index (χ1v) is 11.9. The molecule has 1 aromatic heterocycles. The zero-order valence-corrected chi connectivity index (χ0v) is 18.8. The van der Waals surface area contributed by atoms with E-state index in [4.69, 9.17) is 4.98 Å². The molecule has 2 fully saturated rings. The van der Waals surface area contributed by atoms with Crippen LogP contribution in [-0.4, -0.2) is 63.0 Å². The Labute approximate surface area is 197 Å². The van der Waals surface area contributed by atoms with E-state index < -0.39 is 12.3 Å². The van der Waals surface area contributed by atoms with Crippen molar-refractivity contribution in [1.29, 1.82) is 0 Å². The van der Waals surface area contributed by atoms with Crippen molar-refractivity contribution < 1.29 is 19.5 Å². The summed E-state index contributed by atoms with van der Waals surface area (Å²) in [5.41, 5.74) is 5.25. The van der Waals surface area contributed by atoms with Crippen LogP contribution in [0.2, 0.25) is 0 Å². The second kappa shape index (κ2) is 8.18. The number of hydrogen-bond donors (Lipinski definition) is 3. The quantitative estimate of drug-likeness (QED) is 0.634. The van der Waals surface area contributed by atoms with Gasteiger partial charge in [0.1, 0.15) is 12.0 Å². The molecule has 3 amide bonds. The van der Waals surface area contributed by atoms with E-state index in [9.17, 15) is 19.5 Å². The summed E-state index contributed by atoms with van der Waals surface area (Å²) >= 11 is 0. The molecule has 9 heteroatoms. The van der Waals surface area contributed by atoms with Crippen LogP contribution in [-0.2, 0) is 29.1 Å². The van der Waals surface area contributed by atoms with Crippen LogP contribution in [0.5, 0.6) is 0 Å². The number of amides is 3. The summed E-state index contributed by atoms with van der Waals surface area (Å²) < 4.78 is 0. The molecule has 9 nitrogen and oxygen atoms in total. The number of nitrogens with zero attached hydrogens (tertiary/aromatic N) is 3. The maximum absolute atomic E-state index is 13.0. The number of aliphatic hydroxyl groups excluding tert-OH is 1. The van der Waals surface area contributed by atoms with Crippen molar-refractivity contribution in [3.05, 3.63) is 46.5 Å². The van der Waals surface area contributed by atoms with Crippen molar-refractivity contribution in [1.82, 2.24) is 20.1 Å². The largest absolute Gasteiger partial charge is 0.372 e. The highest BCUT2D eigenvalue weighted by Crippen LogP contribution is 2.34. The van der Waals surface area contributed by atoms with Crippen LogP contribution >= 0.6 is 0 Å². The van der Waals surface area contributed by atoms with Crippen molar-refractivity contribution in [2.45, 2.75) is 57.5 Å². The Morgan fingerprint density at radius 1 is 1.09 bits per heavy atom. The number of likely N-dealkylation sites (tertiary alicyclic amines) is 1. The van der Waals surface area contributed by atoms with Gasteiger partial charge in [0.25, 0.3) is 5.91 Å². The Morgan fingerprint density at radius 3 is 2.71 bits per heavy atom. The third-order valence-corrected chi connectivity index (χ3v) is 7.38. The molecule has 2 saturated heterocycles. The van der Waals surface area contributed by atoms with Crippen LogP contribution in [0.3, 0.4) is 0 Å². The lowest BCUT2D eigenvalue weighted by molar-refractivity contribution is -0.129. The number of carbonyl (C=O) groups is 3. The van der Waals surface area contributed by atoms with Gasteiger partial charge >= 0.3 is 0 Å². The molecular weight excluding hydrogens is 434 g/mol. The van der Waals surface area contributed by atoms with E-state index in [0.717, 1.165) is 47.6 Å². The molecule has 176 valence electrons. The highest BCUT2D eigenvalue weighted by atomic mass is 16.3. The van der Waals surface area contributed by atoms with Gasteiger partial charge in [-0.05, 0) is 61.7 Å². The Balaban J connectivity index is 1.31. The Kier molecular flexibility index (Phi) is 5.11. The molecule has 0 bridgehead atoms. The highest BCUT2D eigenvalue weighted by molar-refractivity contribution is 6.00. The number of carbonyl (C=O) groups excluding carboxylic acids is 3. The molecule has 0 saturated carbocycles. The van der Waals surface area contributed by atoms with E-state index in [1.807, 2.05) is 18.2 Å². The Morgan fingerprint density at radius 2 is 1.91 bits per heavy atom. The summed E-state index contributed by atoms with van der Waals surface area (Å²) in [4.78, 5) is 45.5. The number of hydrogen-bond acceptors (Lipinski definition) is 6. The van der Waals surface area contributed by atoms with Crippen molar-refractivity contribution in [3.8, 4) is 11.3 Å². The number of anilines is 1. The highest BCUT2D eigenvalue weighted by Gasteiger charge is 2.39. The summed E-state index contributed by atoms with van der Waals surface area (Å²) in [6.45, 7) is 3.31. The molecule has 2 atom stereocenters. The van der Waals surface area contributed by atoms with Gasteiger partial charge in [0, 0.05) is 36.2 Å². The van der Waals surface area contributed by atoms with Crippen LogP contribution in [0.25, 0.3) is 11.3 Å². The molecule has 3 N–H and O–H groups in total. The summed E-state index contributed by atoms with van der Waals surface area (Å²) in [5.74, 6) is 0.270. The fourth-order valence-corrected chi connectivity index (χ4v) is 5.60. The number of aromatic nitrogens is 1. The van der Waals surface area contributed by atoms with Crippen LogP contribution in [0.1, 0.15) is 52.7 Å². The minimum Gasteiger partial charge on any atom is -0.372 e. The number of pyridine rings is 1. The van der Waals surface area contributed by atoms with Crippen molar-refractivity contribution in [2.24, 2.45) is 0 Å². The van der Waals surface area contributed by atoms with E-state index in [-0.39, 0.29) is 24.1 Å². The van der Waals surface area contributed by atoms with Gasteiger partial charge < -0.3 is 20.6 Å². The lowest BCUT2D eigenvalue weighted by atomic mass is 10.00. The van der Waals surface area contributed by atoms with E-state index in [2.05, 4.69) is 21.6 Å².